The summed E-state index contributed by atoms with van der Waals surface area (Å²) < 4.78 is 0. The van der Waals surface area contributed by atoms with Gasteiger partial charge in [0.2, 0.25) is 0 Å². The third-order valence-electron chi connectivity index (χ3n) is 3.02. The number of rotatable bonds is 4. The lowest BCUT2D eigenvalue weighted by molar-refractivity contribution is 0.847. The van der Waals surface area contributed by atoms with Crippen molar-refractivity contribution in [3.8, 4) is 0 Å². The highest BCUT2D eigenvalue weighted by atomic mass is 32.2. The summed E-state index contributed by atoms with van der Waals surface area (Å²) in [7, 11) is 0. The van der Waals surface area contributed by atoms with Crippen LogP contribution >= 0.6 is 11.8 Å². The molecule has 2 aromatic carbocycles. The van der Waals surface area contributed by atoms with Crippen molar-refractivity contribution < 1.29 is 0 Å². The van der Waals surface area contributed by atoms with Gasteiger partial charge < -0.3 is 10.6 Å². The minimum absolute atomic E-state index is 0.837. The third-order valence-corrected chi connectivity index (χ3v) is 4.07. The summed E-state index contributed by atoms with van der Waals surface area (Å²) in [5, 5.41) is 7.81. The number of hydrogen-bond donors (Lipinski definition) is 2. The zero-order valence-electron chi connectivity index (χ0n) is 11.0. The van der Waals surface area contributed by atoms with E-state index >= 15 is 0 Å². The van der Waals surface area contributed by atoms with Crippen LogP contribution in [0.2, 0.25) is 0 Å². The van der Waals surface area contributed by atoms with Crippen molar-refractivity contribution in [1.29, 1.82) is 0 Å². The minimum Gasteiger partial charge on any atom is -0.374 e. The van der Waals surface area contributed by atoms with Gasteiger partial charge in [-0.3, -0.25) is 0 Å². The van der Waals surface area contributed by atoms with Crippen molar-refractivity contribution in [2.75, 3.05) is 0 Å². The Kier molecular flexibility index (Phi) is 4.09. The van der Waals surface area contributed by atoms with E-state index in [0.29, 0.717) is 0 Å². The Labute approximate surface area is 123 Å². The van der Waals surface area contributed by atoms with Gasteiger partial charge in [-0.05, 0) is 11.1 Å². The van der Waals surface area contributed by atoms with Gasteiger partial charge in [-0.25, -0.2) is 0 Å². The summed E-state index contributed by atoms with van der Waals surface area (Å²) in [6.07, 6.45) is 4.04. The molecule has 0 aliphatic carbocycles. The second-order valence-corrected chi connectivity index (χ2v) is 5.57. The third kappa shape index (κ3) is 3.25. The van der Waals surface area contributed by atoms with Gasteiger partial charge >= 0.3 is 0 Å². The molecule has 0 unspecified atom stereocenters. The zero-order valence-corrected chi connectivity index (χ0v) is 11.9. The summed E-state index contributed by atoms with van der Waals surface area (Å²) in [5.41, 5.74) is 2.52. The highest BCUT2D eigenvalue weighted by Gasteiger charge is 2.09. The molecule has 0 bridgehead atoms. The lowest BCUT2D eigenvalue weighted by Crippen LogP contribution is -2.15. The smallest absolute Gasteiger partial charge is 0.0896 e. The van der Waals surface area contributed by atoms with Gasteiger partial charge in [0.15, 0.2) is 0 Å². The van der Waals surface area contributed by atoms with Crippen molar-refractivity contribution in [3.63, 3.8) is 0 Å². The van der Waals surface area contributed by atoms with Crippen LogP contribution in [0.3, 0.4) is 0 Å². The standard InChI is InChI=1S/C17H16N2S/c1-3-7-14(8-4-1)11-19-17-13-18-12-16(20-17)15-9-5-2-6-10-15/h1-10,12-13,18-19H,11H2. The second-order valence-electron chi connectivity index (χ2n) is 4.49. The molecule has 0 aromatic heterocycles. The van der Waals surface area contributed by atoms with Gasteiger partial charge in [0.1, 0.15) is 0 Å². The van der Waals surface area contributed by atoms with E-state index in [1.54, 1.807) is 11.8 Å². The first-order chi connectivity index (χ1) is 9.92. The molecule has 2 N–H and O–H groups in total. The number of thioether (sulfide) groups is 1. The molecule has 1 aliphatic heterocycles. The van der Waals surface area contributed by atoms with Crippen LogP contribution in [0.1, 0.15) is 11.1 Å². The molecule has 2 aromatic rings. The van der Waals surface area contributed by atoms with E-state index in [1.807, 2.05) is 24.5 Å². The fourth-order valence-corrected chi connectivity index (χ4v) is 2.88. The molecule has 0 saturated carbocycles. The summed E-state index contributed by atoms with van der Waals surface area (Å²) in [6.45, 7) is 0.837. The van der Waals surface area contributed by atoms with Crippen LogP contribution in [0.25, 0.3) is 4.91 Å². The molecule has 0 amide bonds. The molecule has 2 nitrogen and oxygen atoms in total. The summed E-state index contributed by atoms with van der Waals surface area (Å²) in [4.78, 5) is 1.23. The quantitative estimate of drug-likeness (QED) is 0.888. The fraction of sp³-hybridized carbons (Fsp3) is 0.0588. The highest BCUT2D eigenvalue weighted by Crippen LogP contribution is 2.33. The molecular weight excluding hydrogens is 264 g/mol. The number of hydrogen-bond acceptors (Lipinski definition) is 3. The van der Waals surface area contributed by atoms with Gasteiger partial charge in [-0.15, -0.1) is 0 Å². The summed E-state index contributed by atoms with van der Waals surface area (Å²) in [6, 6.07) is 20.8. The molecular formula is C17H16N2S. The number of nitrogens with one attached hydrogen (secondary N) is 2. The Bertz CT molecular complexity index is 618. The first kappa shape index (κ1) is 12.9. The van der Waals surface area contributed by atoms with Gasteiger partial charge in [0, 0.05) is 23.8 Å². The van der Waals surface area contributed by atoms with Crippen LogP contribution in [0.15, 0.2) is 78.1 Å². The first-order valence-electron chi connectivity index (χ1n) is 6.59. The maximum absolute atomic E-state index is 3.46. The van der Waals surface area contributed by atoms with Crippen molar-refractivity contribution in [1.82, 2.24) is 10.6 Å². The Hall–Kier alpha value is -2.13. The largest absolute Gasteiger partial charge is 0.374 e. The lowest BCUT2D eigenvalue weighted by atomic mass is 10.2. The maximum Gasteiger partial charge on any atom is 0.0896 e. The molecule has 20 heavy (non-hydrogen) atoms. The fourth-order valence-electron chi connectivity index (χ4n) is 1.99. The van der Waals surface area contributed by atoms with Crippen LogP contribution in [-0.2, 0) is 6.54 Å². The number of benzene rings is 2. The second kappa shape index (κ2) is 6.35. The van der Waals surface area contributed by atoms with Crippen LogP contribution in [0.5, 0.6) is 0 Å². The van der Waals surface area contributed by atoms with E-state index < -0.39 is 0 Å². The van der Waals surface area contributed by atoms with Gasteiger partial charge in [0.25, 0.3) is 0 Å². The van der Waals surface area contributed by atoms with Crippen molar-refractivity contribution >= 4 is 16.7 Å². The predicted molar refractivity (Wildman–Crippen MR) is 86.5 cm³/mol. The lowest BCUT2D eigenvalue weighted by Gasteiger charge is -2.17. The van der Waals surface area contributed by atoms with Gasteiger partial charge in [-0.2, -0.15) is 0 Å². The van der Waals surface area contributed by atoms with E-state index in [2.05, 4.69) is 59.2 Å². The topological polar surface area (TPSA) is 24.1 Å². The molecule has 0 radical (unpaired) electrons. The van der Waals surface area contributed by atoms with Crippen molar-refractivity contribution in [2.24, 2.45) is 0 Å². The first-order valence-corrected chi connectivity index (χ1v) is 7.41. The Morgan fingerprint density at radius 3 is 2.30 bits per heavy atom. The van der Waals surface area contributed by atoms with Crippen LogP contribution < -0.4 is 10.6 Å². The molecule has 3 heteroatoms. The Morgan fingerprint density at radius 1 is 0.850 bits per heavy atom. The molecule has 100 valence electrons. The molecule has 1 heterocycles. The van der Waals surface area contributed by atoms with Crippen LogP contribution in [0, 0.1) is 0 Å². The van der Waals surface area contributed by atoms with E-state index in [0.717, 1.165) is 11.6 Å². The molecule has 3 rings (SSSR count). The van der Waals surface area contributed by atoms with Crippen LogP contribution in [-0.4, -0.2) is 0 Å². The summed E-state index contributed by atoms with van der Waals surface area (Å²) >= 11 is 1.75. The van der Waals surface area contributed by atoms with E-state index in [4.69, 9.17) is 0 Å². The average Bonchev–Trinajstić information content (AvgIpc) is 2.55. The van der Waals surface area contributed by atoms with Gasteiger partial charge in [0.05, 0.1) is 5.03 Å². The highest BCUT2D eigenvalue weighted by molar-refractivity contribution is 8.11. The Morgan fingerprint density at radius 2 is 1.55 bits per heavy atom. The predicted octanol–water partition coefficient (Wildman–Crippen LogP) is 3.91. The monoisotopic (exact) mass is 280 g/mol. The molecule has 0 saturated heterocycles. The minimum atomic E-state index is 0.837. The molecule has 0 fully saturated rings. The maximum atomic E-state index is 3.46. The molecule has 1 aliphatic rings. The zero-order chi connectivity index (χ0) is 13.6. The Balaban J connectivity index is 1.61. The van der Waals surface area contributed by atoms with Crippen molar-refractivity contribution in [3.05, 3.63) is 89.2 Å². The van der Waals surface area contributed by atoms with Crippen molar-refractivity contribution in [2.45, 2.75) is 6.54 Å². The molecule has 0 spiro atoms. The van der Waals surface area contributed by atoms with Gasteiger partial charge in [-0.1, -0.05) is 72.4 Å². The SMILES string of the molecule is C1=C(NCc2ccccc2)SC(c2ccccc2)=CN1. The van der Waals surface area contributed by atoms with E-state index in [-0.39, 0.29) is 0 Å². The van der Waals surface area contributed by atoms with E-state index in [1.165, 1.54) is 16.0 Å². The normalized spacial score (nSPS) is 14.0. The average molecular weight is 280 g/mol. The van der Waals surface area contributed by atoms with Crippen LogP contribution in [0.4, 0.5) is 0 Å². The van der Waals surface area contributed by atoms with E-state index in [9.17, 15) is 0 Å². The summed E-state index contributed by atoms with van der Waals surface area (Å²) in [5.74, 6) is 0. The molecule has 0 atom stereocenters.